The number of unbranched alkanes of at least 4 members (excludes halogenated alkanes) is 3. The molecular weight excluding hydrogens is 224 g/mol. The molecule has 0 aromatic heterocycles. The number of benzene rings is 1. The van der Waals surface area contributed by atoms with Crippen LogP contribution in [0.4, 0.5) is 0 Å². The molecule has 102 valence electrons. The largest absolute Gasteiger partial charge is 0.386 e. The van der Waals surface area contributed by atoms with Gasteiger partial charge in [0.05, 0.1) is 6.10 Å². The average Bonchev–Trinajstić information content (AvgIpc) is 2.43. The molecule has 0 bridgehead atoms. The number of hydrogen-bond donors (Lipinski definition) is 1. The SMILES string of the molecule is CCCCCCOC(CC)C(O)c1ccccc1. The van der Waals surface area contributed by atoms with Gasteiger partial charge in [0.25, 0.3) is 0 Å². The third kappa shape index (κ3) is 5.19. The molecule has 2 unspecified atom stereocenters. The molecule has 0 saturated heterocycles. The molecule has 0 heterocycles. The van der Waals surface area contributed by atoms with Gasteiger partial charge < -0.3 is 9.84 Å². The Labute approximate surface area is 111 Å². The molecule has 1 aromatic carbocycles. The molecule has 0 spiro atoms. The van der Waals surface area contributed by atoms with E-state index in [-0.39, 0.29) is 6.10 Å². The average molecular weight is 250 g/mol. The first-order valence-corrected chi connectivity index (χ1v) is 7.14. The van der Waals surface area contributed by atoms with Crippen LogP contribution in [0.15, 0.2) is 30.3 Å². The van der Waals surface area contributed by atoms with E-state index in [0.29, 0.717) is 0 Å². The van der Waals surface area contributed by atoms with Crippen molar-refractivity contribution in [3.8, 4) is 0 Å². The zero-order valence-corrected chi connectivity index (χ0v) is 11.6. The van der Waals surface area contributed by atoms with Crippen molar-refractivity contribution in [3.05, 3.63) is 35.9 Å². The molecule has 1 rings (SSSR count). The number of rotatable bonds is 9. The Kier molecular flexibility index (Phi) is 7.70. The number of aliphatic hydroxyl groups excluding tert-OH is 1. The molecule has 0 aliphatic rings. The van der Waals surface area contributed by atoms with Gasteiger partial charge in [0, 0.05) is 6.61 Å². The first-order chi connectivity index (χ1) is 8.79. The number of aliphatic hydroxyl groups is 1. The summed E-state index contributed by atoms with van der Waals surface area (Å²) in [6.07, 6.45) is 5.05. The van der Waals surface area contributed by atoms with Crippen molar-refractivity contribution in [1.29, 1.82) is 0 Å². The van der Waals surface area contributed by atoms with E-state index in [4.69, 9.17) is 4.74 Å². The molecule has 0 radical (unpaired) electrons. The lowest BCUT2D eigenvalue weighted by Crippen LogP contribution is -2.22. The molecule has 0 aliphatic heterocycles. The zero-order valence-electron chi connectivity index (χ0n) is 11.6. The van der Waals surface area contributed by atoms with Gasteiger partial charge in [-0.3, -0.25) is 0 Å². The highest BCUT2D eigenvalue weighted by molar-refractivity contribution is 5.18. The lowest BCUT2D eigenvalue weighted by molar-refractivity contribution is -0.0416. The van der Waals surface area contributed by atoms with E-state index in [1.807, 2.05) is 30.3 Å². The van der Waals surface area contributed by atoms with Crippen LogP contribution >= 0.6 is 0 Å². The second-order valence-corrected chi connectivity index (χ2v) is 4.73. The van der Waals surface area contributed by atoms with Crippen molar-refractivity contribution in [2.75, 3.05) is 6.61 Å². The highest BCUT2D eigenvalue weighted by Crippen LogP contribution is 2.21. The van der Waals surface area contributed by atoms with E-state index in [0.717, 1.165) is 25.0 Å². The molecule has 2 nitrogen and oxygen atoms in total. The Morgan fingerprint density at radius 3 is 2.39 bits per heavy atom. The Morgan fingerprint density at radius 1 is 1.06 bits per heavy atom. The van der Waals surface area contributed by atoms with E-state index in [9.17, 15) is 5.11 Å². The van der Waals surface area contributed by atoms with Crippen LogP contribution in [0.25, 0.3) is 0 Å². The van der Waals surface area contributed by atoms with Gasteiger partial charge in [0.15, 0.2) is 0 Å². The van der Waals surface area contributed by atoms with E-state index >= 15 is 0 Å². The van der Waals surface area contributed by atoms with Crippen LogP contribution in [0.1, 0.15) is 57.6 Å². The maximum atomic E-state index is 10.3. The van der Waals surface area contributed by atoms with Gasteiger partial charge in [0.1, 0.15) is 6.10 Å². The van der Waals surface area contributed by atoms with Crippen LogP contribution in [-0.4, -0.2) is 17.8 Å². The van der Waals surface area contributed by atoms with Crippen molar-refractivity contribution in [2.45, 2.75) is 58.2 Å². The molecule has 0 amide bonds. The summed E-state index contributed by atoms with van der Waals surface area (Å²) in [7, 11) is 0. The van der Waals surface area contributed by atoms with Gasteiger partial charge in [-0.2, -0.15) is 0 Å². The Morgan fingerprint density at radius 2 is 1.78 bits per heavy atom. The molecule has 2 heteroatoms. The standard InChI is InChI=1S/C16H26O2/c1-3-5-6-10-13-18-15(4-2)16(17)14-11-8-7-9-12-14/h7-9,11-12,15-17H,3-6,10,13H2,1-2H3. The van der Waals surface area contributed by atoms with Crippen molar-refractivity contribution < 1.29 is 9.84 Å². The molecule has 0 fully saturated rings. The first-order valence-electron chi connectivity index (χ1n) is 7.14. The lowest BCUT2D eigenvalue weighted by Gasteiger charge is -2.22. The maximum absolute atomic E-state index is 10.3. The number of hydrogen-bond acceptors (Lipinski definition) is 2. The third-order valence-electron chi connectivity index (χ3n) is 3.23. The molecule has 1 N–H and O–H groups in total. The quantitative estimate of drug-likeness (QED) is 0.669. The van der Waals surface area contributed by atoms with Gasteiger partial charge in [-0.25, -0.2) is 0 Å². The van der Waals surface area contributed by atoms with Crippen LogP contribution in [0.5, 0.6) is 0 Å². The predicted octanol–water partition coefficient (Wildman–Crippen LogP) is 4.10. The van der Waals surface area contributed by atoms with Crippen LogP contribution < -0.4 is 0 Å². The number of ether oxygens (including phenoxy) is 1. The van der Waals surface area contributed by atoms with E-state index < -0.39 is 6.10 Å². The highest BCUT2D eigenvalue weighted by Gasteiger charge is 2.19. The second-order valence-electron chi connectivity index (χ2n) is 4.73. The summed E-state index contributed by atoms with van der Waals surface area (Å²) in [4.78, 5) is 0. The van der Waals surface area contributed by atoms with Gasteiger partial charge in [-0.1, -0.05) is 63.4 Å². The summed E-state index contributed by atoms with van der Waals surface area (Å²) < 4.78 is 5.80. The summed E-state index contributed by atoms with van der Waals surface area (Å²) >= 11 is 0. The van der Waals surface area contributed by atoms with Gasteiger partial charge >= 0.3 is 0 Å². The monoisotopic (exact) mass is 250 g/mol. The maximum Gasteiger partial charge on any atom is 0.105 e. The molecule has 1 aromatic rings. The van der Waals surface area contributed by atoms with Crippen molar-refractivity contribution in [3.63, 3.8) is 0 Å². The van der Waals surface area contributed by atoms with Crippen LogP contribution in [0.2, 0.25) is 0 Å². The zero-order chi connectivity index (χ0) is 13.2. The van der Waals surface area contributed by atoms with Gasteiger partial charge in [0.2, 0.25) is 0 Å². The van der Waals surface area contributed by atoms with Crippen LogP contribution in [0.3, 0.4) is 0 Å². The minimum atomic E-state index is -0.512. The van der Waals surface area contributed by atoms with Crippen molar-refractivity contribution >= 4 is 0 Å². The fourth-order valence-electron chi connectivity index (χ4n) is 2.06. The first kappa shape index (κ1) is 15.2. The summed E-state index contributed by atoms with van der Waals surface area (Å²) in [6, 6.07) is 9.77. The summed E-state index contributed by atoms with van der Waals surface area (Å²) in [6.45, 7) is 5.01. The molecule has 0 aliphatic carbocycles. The lowest BCUT2D eigenvalue weighted by atomic mass is 10.0. The fourth-order valence-corrected chi connectivity index (χ4v) is 2.06. The Hall–Kier alpha value is -0.860. The van der Waals surface area contributed by atoms with Gasteiger partial charge in [-0.05, 0) is 18.4 Å². The minimum absolute atomic E-state index is 0.0889. The highest BCUT2D eigenvalue weighted by atomic mass is 16.5. The topological polar surface area (TPSA) is 29.5 Å². The fraction of sp³-hybridized carbons (Fsp3) is 0.625. The third-order valence-corrected chi connectivity index (χ3v) is 3.23. The molecule has 0 saturated carbocycles. The molecular formula is C16H26O2. The summed E-state index contributed by atoms with van der Waals surface area (Å²) in [5.41, 5.74) is 0.943. The van der Waals surface area contributed by atoms with Crippen molar-refractivity contribution in [1.82, 2.24) is 0 Å². The Balaban J connectivity index is 2.36. The van der Waals surface area contributed by atoms with Crippen LogP contribution in [-0.2, 0) is 4.74 Å². The van der Waals surface area contributed by atoms with Crippen LogP contribution in [0, 0.1) is 0 Å². The van der Waals surface area contributed by atoms with Crippen molar-refractivity contribution in [2.24, 2.45) is 0 Å². The smallest absolute Gasteiger partial charge is 0.105 e. The van der Waals surface area contributed by atoms with E-state index in [2.05, 4.69) is 13.8 Å². The second kappa shape index (κ2) is 9.12. The molecule has 18 heavy (non-hydrogen) atoms. The van der Waals surface area contributed by atoms with E-state index in [1.165, 1.54) is 19.3 Å². The summed E-state index contributed by atoms with van der Waals surface area (Å²) in [5, 5.41) is 10.3. The predicted molar refractivity (Wildman–Crippen MR) is 75.6 cm³/mol. The summed E-state index contributed by atoms with van der Waals surface area (Å²) in [5.74, 6) is 0. The van der Waals surface area contributed by atoms with E-state index in [1.54, 1.807) is 0 Å². The minimum Gasteiger partial charge on any atom is -0.386 e. The normalized spacial score (nSPS) is 14.4. The Bertz CT molecular complexity index is 297. The molecule has 2 atom stereocenters. The van der Waals surface area contributed by atoms with Gasteiger partial charge in [-0.15, -0.1) is 0 Å².